The van der Waals surface area contributed by atoms with Crippen LogP contribution in [0.4, 0.5) is 0 Å². The summed E-state index contributed by atoms with van der Waals surface area (Å²) in [5.41, 5.74) is -0.547. The monoisotopic (exact) mass is 140 g/mol. The number of hydrogen-bond acceptors (Lipinski definition) is 2. The highest BCUT2D eigenvalue weighted by Crippen LogP contribution is 2.24. The lowest BCUT2D eigenvalue weighted by atomic mass is 9.97. The number of carbonyl (C=O) groups excluding carboxylic acids is 1. The van der Waals surface area contributed by atoms with Crippen molar-refractivity contribution in [3.05, 3.63) is 12.3 Å². The van der Waals surface area contributed by atoms with E-state index in [2.05, 4.69) is 0 Å². The lowest BCUT2D eigenvalue weighted by Gasteiger charge is -2.20. The lowest BCUT2D eigenvalue weighted by molar-refractivity contribution is -0.128. The summed E-state index contributed by atoms with van der Waals surface area (Å²) in [6, 6.07) is 0. The summed E-state index contributed by atoms with van der Waals surface area (Å²) < 4.78 is 5.16. The molecule has 0 N–H and O–H groups in total. The summed E-state index contributed by atoms with van der Waals surface area (Å²) in [6.07, 6.45) is 4.76. The Morgan fingerprint density at radius 2 is 2.40 bits per heavy atom. The van der Waals surface area contributed by atoms with Gasteiger partial charge in [0.1, 0.15) is 0 Å². The van der Waals surface area contributed by atoms with Crippen LogP contribution in [-0.2, 0) is 9.53 Å². The number of carbonyl (C=O) groups is 1. The Balaban J connectivity index is 2.61. The van der Waals surface area contributed by atoms with Crippen LogP contribution in [0.15, 0.2) is 12.3 Å². The topological polar surface area (TPSA) is 26.3 Å². The van der Waals surface area contributed by atoms with E-state index in [1.54, 1.807) is 0 Å². The van der Waals surface area contributed by atoms with E-state index in [4.69, 9.17) is 4.74 Å². The van der Waals surface area contributed by atoms with Crippen molar-refractivity contribution in [1.29, 1.82) is 0 Å². The Morgan fingerprint density at radius 1 is 1.70 bits per heavy atom. The molecule has 0 aromatic heterocycles. The first-order valence-corrected chi connectivity index (χ1v) is 3.58. The Bertz CT molecular complexity index is 172. The van der Waals surface area contributed by atoms with E-state index in [1.807, 2.05) is 13.8 Å². The molecule has 1 aliphatic rings. The quantitative estimate of drug-likeness (QED) is 0.583. The molecule has 0 aromatic carbocycles. The molecule has 0 spiro atoms. The van der Waals surface area contributed by atoms with Gasteiger partial charge >= 0.3 is 0 Å². The number of hydrogen-bond donors (Lipinski definition) is 0. The van der Waals surface area contributed by atoms with Crippen molar-refractivity contribution in [2.24, 2.45) is 0 Å². The first-order chi connectivity index (χ1) is 4.69. The third-order valence-corrected chi connectivity index (χ3v) is 1.80. The maximum absolute atomic E-state index is 11.1. The van der Waals surface area contributed by atoms with Gasteiger partial charge < -0.3 is 4.74 Å². The predicted molar refractivity (Wildman–Crippen MR) is 38.5 cm³/mol. The summed E-state index contributed by atoms with van der Waals surface area (Å²) in [5, 5.41) is 0. The molecule has 0 radical (unpaired) electrons. The van der Waals surface area contributed by atoms with Gasteiger partial charge in [0.25, 0.3) is 0 Å². The van der Waals surface area contributed by atoms with E-state index in [1.165, 1.54) is 12.3 Å². The highest BCUT2D eigenvalue weighted by molar-refractivity contribution is 5.98. The molecule has 1 atom stereocenters. The smallest absolute Gasteiger partial charge is 0.201 e. The summed E-state index contributed by atoms with van der Waals surface area (Å²) in [7, 11) is 0. The van der Waals surface area contributed by atoms with Gasteiger partial charge in [-0.15, -0.1) is 0 Å². The second kappa shape index (κ2) is 2.45. The fourth-order valence-electron chi connectivity index (χ4n) is 1.14. The highest BCUT2D eigenvalue weighted by Gasteiger charge is 2.34. The van der Waals surface area contributed by atoms with Crippen LogP contribution in [0.1, 0.15) is 26.7 Å². The summed E-state index contributed by atoms with van der Waals surface area (Å²) >= 11 is 0. The van der Waals surface area contributed by atoms with Gasteiger partial charge in [0, 0.05) is 6.08 Å². The maximum Gasteiger partial charge on any atom is 0.201 e. The molecule has 1 rings (SSSR count). The van der Waals surface area contributed by atoms with Crippen molar-refractivity contribution >= 4 is 5.78 Å². The van der Waals surface area contributed by atoms with Crippen LogP contribution in [0.25, 0.3) is 0 Å². The van der Waals surface area contributed by atoms with E-state index in [-0.39, 0.29) is 5.78 Å². The van der Waals surface area contributed by atoms with Crippen LogP contribution in [0.3, 0.4) is 0 Å². The van der Waals surface area contributed by atoms with Crippen LogP contribution in [-0.4, -0.2) is 11.4 Å². The van der Waals surface area contributed by atoms with Crippen LogP contribution in [0.2, 0.25) is 0 Å². The van der Waals surface area contributed by atoms with Crippen molar-refractivity contribution in [2.45, 2.75) is 32.3 Å². The SMILES string of the molecule is CCCC1(C)OC=CC1=O. The third-order valence-electron chi connectivity index (χ3n) is 1.80. The van der Waals surface area contributed by atoms with Gasteiger partial charge in [0.2, 0.25) is 5.78 Å². The predicted octanol–water partition coefficient (Wildman–Crippen LogP) is 1.66. The van der Waals surface area contributed by atoms with Crippen molar-refractivity contribution in [3.63, 3.8) is 0 Å². The fraction of sp³-hybridized carbons (Fsp3) is 0.625. The minimum atomic E-state index is -0.547. The van der Waals surface area contributed by atoms with E-state index < -0.39 is 5.60 Å². The van der Waals surface area contributed by atoms with Crippen LogP contribution >= 0.6 is 0 Å². The van der Waals surface area contributed by atoms with Gasteiger partial charge in [-0.25, -0.2) is 0 Å². The van der Waals surface area contributed by atoms with Crippen LogP contribution in [0, 0.1) is 0 Å². The molecule has 1 unspecified atom stereocenters. The average Bonchev–Trinajstić information content (AvgIpc) is 2.15. The summed E-state index contributed by atoms with van der Waals surface area (Å²) in [5.74, 6) is 0.0920. The standard InChI is InChI=1S/C8H12O2/c1-3-5-8(2)7(9)4-6-10-8/h4,6H,3,5H2,1-2H3. The summed E-state index contributed by atoms with van der Waals surface area (Å²) in [4.78, 5) is 11.1. The highest BCUT2D eigenvalue weighted by atomic mass is 16.5. The van der Waals surface area contributed by atoms with Crippen molar-refractivity contribution in [1.82, 2.24) is 0 Å². The normalized spacial score (nSPS) is 30.8. The van der Waals surface area contributed by atoms with Crippen molar-refractivity contribution < 1.29 is 9.53 Å². The minimum Gasteiger partial charge on any atom is -0.487 e. The van der Waals surface area contributed by atoms with Crippen LogP contribution < -0.4 is 0 Å². The second-order valence-corrected chi connectivity index (χ2v) is 2.77. The molecular weight excluding hydrogens is 128 g/mol. The molecule has 0 fully saturated rings. The molecule has 0 aromatic rings. The number of rotatable bonds is 2. The molecule has 0 aliphatic carbocycles. The Kier molecular flexibility index (Phi) is 1.79. The van der Waals surface area contributed by atoms with Gasteiger partial charge in [-0.2, -0.15) is 0 Å². The first kappa shape index (κ1) is 7.32. The van der Waals surface area contributed by atoms with Gasteiger partial charge in [-0.3, -0.25) is 4.79 Å². The number of ether oxygens (including phenoxy) is 1. The molecule has 0 bridgehead atoms. The van der Waals surface area contributed by atoms with E-state index in [9.17, 15) is 4.79 Å². The molecule has 0 amide bonds. The fourth-order valence-corrected chi connectivity index (χ4v) is 1.14. The largest absolute Gasteiger partial charge is 0.487 e. The van der Waals surface area contributed by atoms with Gasteiger partial charge in [-0.05, 0) is 13.3 Å². The van der Waals surface area contributed by atoms with Gasteiger partial charge in [0.15, 0.2) is 5.60 Å². The van der Waals surface area contributed by atoms with Crippen molar-refractivity contribution in [2.75, 3.05) is 0 Å². The van der Waals surface area contributed by atoms with Gasteiger partial charge in [-0.1, -0.05) is 13.3 Å². The number of ketones is 1. The van der Waals surface area contributed by atoms with E-state index >= 15 is 0 Å². The van der Waals surface area contributed by atoms with Crippen molar-refractivity contribution in [3.8, 4) is 0 Å². The Labute approximate surface area is 60.9 Å². The molecule has 1 aliphatic heterocycles. The molecule has 2 nitrogen and oxygen atoms in total. The molecule has 1 heterocycles. The van der Waals surface area contributed by atoms with E-state index in [0.717, 1.165) is 12.8 Å². The Hall–Kier alpha value is -0.790. The first-order valence-electron chi connectivity index (χ1n) is 3.58. The van der Waals surface area contributed by atoms with E-state index in [0.29, 0.717) is 0 Å². The Morgan fingerprint density at radius 3 is 2.80 bits per heavy atom. The molecule has 56 valence electrons. The van der Waals surface area contributed by atoms with Gasteiger partial charge in [0.05, 0.1) is 6.26 Å². The molecule has 0 saturated heterocycles. The minimum absolute atomic E-state index is 0.0920. The summed E-state index contributed by atoms with van der Waals surface area (Å²) in [6.45, 7) is 3.87. The zero-order valence-corrected chi connectivity index (χ0v) is 6.39. The average molecular weight is 140 g/mol. The van der Waals surface area contributed by atoms with Crippen LogP contribution in [0.5, 0.6) is 0 Å². The second-order valence-electron chi connectivity index (χ2n) is 2.77. The lowest BCUT2D eigenvalue weighted by Crippen LogP contribution is -2.31. The molecule has 2 heteroatoms. The molecule has 0 saturated carbocycles. The zero-order valence-electron chi connectivity index (χ0n) is 6.39. The molecular formula is C8H12O2. The maximum atomic E-state index is 11.1. The zero-order chi connectivity index (χ0) is 7.61. The molecule has 10 heavy (non-hydrogen) atoms. The third kappa shape index (κ3) is 1.06.